The van der Waals surface area contributed by atoms with Crippen LogP contribution in [0, 0.1) is 6.92 Å². The van der Waals surface area contributed by atoms with Gasteiger partial charge in [-0.2, -0.15) is 0 Å². The third-order valence-corrected chi connectivity index (χ3v) is 6.05. The van der Waals surface area contributed by atoms with Gasteiger partial charge in [-0.15, -0.1) is 0 Å². The van der Waals surface area contributed by atoms with Crippen molar-refractivity contribution in [2.75, 3.05) is 6.61 Å². The number of nitrogens with zero attached hydrogens (tertiary/aromatic N) is 1. The lowest BCUT2D eigenvalue weighted by molar-refractivity contribution is -0.138. The number of aryl methyl sites for hydroxylation is 1. The van der Waals surface area contributed by atoms with Crippen molar-refractivity contribution in [3.8, 4) is 5.75 Å². The Bertz CT molecular complexity index is 524. The Kier molecular flexibility index (Phi) is 7.40. The van der Waals surface area contributed by atoms with E-state index in [1.807, 2.05) is 12.1 Å². The summed E-state index contributed by atoms with van der Waals surface area (Å²) < 4.78 is 5.81. The first-order chi connectivity index (χ1) is 12.7. The monoisotopic (exact) mass is 357 g/mol. The van der Waals surface area contributed by atoms with Gasteiger partial charge in [0.25, 0.3) is 0 Å². The van der Waals surface area contributed by atoms with E-state index >= 15 is 0 Å². The Morgan fingerprint density at radius 1 is 0.923 bits per heavy atom. The zero-order valence-electron chi connectivity index (χ0n) is 16.4. The van der Waals surface area contributed by atoms with Gasteiger partial charge in [0.2, 0.25) is 5.91 Å². The highest BCUT2D eigenvalue weighted by atomic mass is 16.5. The first kappa shape index (κ1) is 19.3. The van der Waals surface area contributed by atoms with Gasteiger partial charge in [0.15, 0.2) is 0 Å². The second-order valence-electron chi connectivity index (χ2n) is 8.15. The summed E-state index contributed by atoms with van der Waals surface area (Å²) in [6.45, 7) is 2.70. The number of hydrogen-bond acceptors (Lipinski definition) is 2. The molecule has 1 aromatic carbocycles. The number of carbonyl (C=O) groups excluding carboxylic acids is 1. The highest BCUT2D eigenvalue weighted by Crippen LogP contribution is 2.31. The number of hydrogen-bond donors (Lipinski definition) is 0. The van der Waals surface area contributed by atoms with Crippen LogP contribution in [0.3, 0.4) is 0 Å². The third kappa shape index (κ3) is 5.49. The average Bonchev–Trinajstić information content (AvgIpc) is 2.68. The largest absolute Gasteiger partial charge is 0.494 e. The van der Waals surface area contributed by atoms with E-state index < -0.39 is 0 Å². The van der Waals surface area contributed by atoms with E-state index in [-0.39, 0.29) is 0 Å². The van der Waals surface area contributed by atoms with Crippen LogP contribution in [0.15, 0.2) is 24.3 Å². The van der Waals surface area contributed by atoms with Crippen molar-refractivity contribution in [1.29, 1.82) is 0 Å². The summed E-state index contributed by atoms with van der Waals surface area (Å²) in [5, 5.41) is 0. The molecule has 0 aliphatic heterocycles. The third-order valence-electron chi connectivity index (χ3n) is 6.05. The molecule has 26 heavy (non-hydrogen) atoms. The second kappa shape index (κ2) is 9.99. The van der Waals surface area contributed by atoms with Crippen LogP contribution in [-0.2, 0) is 4.79 Å². The Morgan fingerprint density at radius 3 is 2.00 bits per heavy atom. The van der Waals surface area contributed by atoms with Gasteiger partial charge < -0.3 is 9.64 Å². The predicted octanol–water partition coefficient (Wildman–Crippen LogP) is 5.65. The summed E-state index contributed by atoms with van der Waals surface area (Å²) in [5.41, 5.74) is 1.24. The van der Waals surface area contributed by atoms with Crippen molar-refractivity contribution in [2.45, 2.75) is 96.1 Å². The Morgan fingerprint density at radius 2 is 1.46 bits per heavy atom. The van der Waals surface area contributed by atoms with Gasteiger partial charge in [0.1, 0.15) is 5.75 Å². The lowest BCUT2D eigenvalue weighted by Gasteiger charge is -2.42. The van der Waals surface area contributed by atoms with Crippen LogP contribution < -0.4 is 4.74 Å². The molecule has 3 rings (SSSR count). The van der Waals surface area contributed by atoms with Crippen LogP contribution >= 0.6 is 0 Å². The Balaban J connectivity index is 1.50. The maximum absolute atomic E-state index is 13.1. The molecule has 0 spiro atoms. The lowest BCUT2D eigenvalue weighted by atomic mass is 9.88. The molecule has 2 aliphatic carbocycles. The molecule has 0 heterocycles. The van der Waals surface area contributed by atoms with Gasteiger partial charge in [0.05, 0.1) is 6.61 Å². The molecule has 1 aromatic rings. The fraction of sp³-hybridized carbons (Fsp3) is 0.696. The number of rotatable bonds is 7. The highest BCUT2D eigenvalue weighted by molar-refractivity contribution is 5.77. The zero-order chi connectivity index (χ0) is 18.2. The molecule has 3 heteroatoms. The molecule has 0 bridgehead atoms. The van der Waals surface area contributed by atoms with Crippen LogP contribution in [-0.4, -0.2) is 29.5 Å². The predicted molar refractivity (Wildman–Crippen MR) is 107 cm³/mol. The first-order valence-corrected chi connectivity index (χ1v) is 10.7. The van der Waals surface area contributed by atoms with Gasteiger partial charge in [-0.25, -0.2) is 0 Å². The number of benzene rings is 1. The van der Waals surface area contributed by atoms with Crippen molar-refractivity contribution < 1.29 is 9.53 Å². The molecule has 0 unspecified atom stereocenters. The van der Waals surface area contributed by atoms with Crippen molar-refractivity contribution in [3.05, 3.63) is 29.8 Å². The maximum atomic E-state index is 13.1. The minimum atomic E-state index is 0.372. The molecule has 144 valence electrons. The van der Waals surface area contributed by atoms with Crippen molar-refractivity contribution >= 4 is 5.91 Å². The van der Waals surface area contributed by atoms with Crippen molar-refractivity contribution in [2.24, 2.45) is 0 Å². The normalized spacial score (nSPS) is 19.3. The average molecular weight is 358 g/mol. The van der Waals surface area contributed by atoms with E-state index in [9.17, 15) is 4.79 Å². The van der Waals surface area contributed by atoms with Gasteiger partial charge in [-0.3, -0.25) is 4.79 Å². The van der Waals surface area contributed by atoms with Crippen LogP contribution in [0.4, 0.5) is 0 Å². The Hall–Kier alpha value is -1.51. The van der Waals surface area contributed by atoms with Crippen LogP contribution in [0.1, 0.15) is 82.6 Å². The molecular formula is C23H35NO2. The molecule has 2 saturated carbocycles. The topological polar surface area (TPSA) is 29.5 Å². The van der Waals surface area contributed by atoms with E-state index in [2.05, 4.69) is 24.0 Å². The van der Waals surface area contributed by atoms with Crippen LogP contribution in [0.5, 0.6) is 5.75 Å². The number of ether oxygens (including phenoxy) is 1. The summed E-state index contributed by atoms with van der Waals surface area (Å²) in [5.74, 6) is 1.27. The number of amides is 1. The molecule has 0 saturated heterocycles. The quantitative estimate of drug-likeness (QED) is 0.590. The van der Waals surface area contributed by atoms with Gasteiger partial charge in [0, 0.05) is 18.5 Å². The molecule has 1 amide bonds. The summed E-state index contributed by atoms with van der Waals surface area (Å²) in [7, 11) is 0. The molecule has 0 aromatic heterocycles. The molecule has 3 nitrogen and oxygen atoms in total. The van der Waals surface area contributed by atoms with Crippen LogP contribution in [0.2, 0.25) is 0 Å². The Labute approximate surface area is 159 Å². The smallest absolute Gasteiger partial charge is 0.223 e. The fourth-order valence-corrected chi connectivity index (χ4v) is 4.60. The molecule has 2 fully saturated rings. The lowest BCUT2D eigenvalue weighted by Crippen LogP contribution is -2.48. The van der Waals surface area contributed by atoms with Gasteiger partial charge in [-0.1, -0.05) is 56.2 Å². The van der Waals surface area contributed by atoms with Gasteiger partial charge in [-0.05, 0) is 51.2 Å². The zero-order valence-corrected chi connectivity index (χ0v) is 16.4. The van der Waals surface area contributed by atoms with E-state index in [4.69, 9.17) is 4.74 Å². The van der Waals surface area contributed by atoms with E-state index in [0.717, 1.165) is 12.2 Å². The first-order valence-electron chi connectivity index (χ1n) is 10.7. The molecule has 0 radical (unpaired) electrons. The summed E-state index contributed by atoms with van der Waals surface area (Å²) in [6.07, 6.45) is 14.1. The van der Waals surface area contributed by atoms with Crippen molar-refractivity contribution in [3.63, 3.8) is 0 Å². The molecular weight excluding hydrogens is 322 g/mol. The minimum absolute atomic E-state index is 0.372. The number of carbonyl (C=O) groups is 1. The van der Waals surface area contributed by atoms with Crippen LogP contribution in [0.25, 0.3) is 0 Å². The highest BCUT2D eigenvalue weighted by Gasteiger charge is 2.31. The van der Waals surface area contributed by atoms with Gasteiger partial charge >= 0.3 is 0 Å². The summed E-state index contributed by atoms with van der Waals surface area (Å²) >= 11 is 0. The molecule has 0 N–H and O–H groups in total. The summed E-state index contributed by atoms with van der Waals surface area (Å²) in [4.78, 5) is 15.4. The SMILES string of the molecule is Cc1ccc(OCCCC(=O)N(C2CCCCC2)C2CCCCC2)cc1. The maximum Gasteiger partial charge on any atom is 0.223 e. The van der Waals surface area contributed by atoms with Crippen molar-refractivity contribution in [1.82, 2.24) is 4.90 Å². The second-order valence-corrected chi connectivity index (χ2v) is 8.15. The van der Waals surface area contributed by atoms with E-state index in [0.29, 0.717) is 31.0 Å². The summed E-state index contributed by atoms with van der Waals surface area (Å²) in [6, 6.07) is 9.14. The fourth-order valence-electron chi connectivity index (χ4n) is 4.60. The molecule has 0 atom stereocenters. The van der Waals surface area contributed by atoms with E-state index in [1.165, 1.54) is 69.8 Å². The minimum Gasteiger partial charge on any atom is -0.494 e. The molecule has 2 aliphatic rings. The van der Waals surface area contributed by atoms with E-state index in [1.54, 1.807) is 0 Å². The standard InChI is InChI=1S/C23H35NO2/c1-19-14-16-22(17-15-19)26-18-8-13-23(25)24(20-9-4-2-5-10-20)21-11-6-3-7-12-21/h14-17,20-21H,2-13,18H2,1H3.